The highest BCUT2D eigenvalue weighted by atomic mass is 16.6. The van der Waals surface area contributed by atoms with Crippen LogP contribution in [-0.2, 0) is 33.4 Å². The van der Waals surface area contributed by atoms with Crippen molar-refractivity contribution in [1.29, 1.82) is 0 Å². The summed E-state index contributed by atoms with van der Waals surface area (Å²) in [5, 5.41) is 0. The summed E-state index contributed by atoms with van der Waals surface area (Å²) in [4.78, 5) is 54.6. The molecule has 9 heteroatoms. The summed E-state index contributed by atoms with van der Waals surface area (Å²) >= 11 is 0. The fourth-order valence-electron chi connectivity index (χ4n) is 6.44. The fourth-order valence-corrected chi connectivity index (χ4v) is 6.44. The number of nitrogens with zero attached hydrogens (tertiary/aromatic N) is 2. The first kappa shape index (κ1) is 23.0. The molecule has 0 N–H and O–H groups in total. The Morgan fingerprint density at radius 3 is 2.31 bits per heavy atom. The maximum absolute atomic E-state index is 13.5. The number of hydrogen-bond acceptors (Lipinski definition) is 7. The third-order valence-electron chi connectivity index (χ3n) is 8.13. The lowest BCUT2D eigenvalue weighted by Crippen LogP contribution is -2.60. The van der Waals surface area contributed by atoms with E-state index >= 15 is 0 Å². The van der Waals surface area contributed by atoms with E-state index < -0.39 is 23.0 Å². The maximum Gasteiger partial charge on any atom is 0.311 e. The molecule has 1 saturated carbocycles. The molecule has 0 radical (unpaired) electrons. The zero-order chi connectivity index (χ0) is 22.9. The van der Waals surface area contributed by atoms with Crippen LogP contribution in [0.15, 0.2) is 0 Å². The first-order valence-corrected chi connectivity index (χ1v) is 11.7. The summed E-state index contributed by atoms with van der Waals surface area (Å²) in [7, 11) is 2.93. The Morgan fingerprint density at radius 1 is 1.00 bits per heavy atom. The van der Waals surface area contributed by atoms with Crippen LogP contribution >= 0.6 is 0 Å². The van der Waals surface area contributed by atoms with E-state index in [1.165, 1.54) is 7.11 Å². The Hall–Kier alpha value is -2.16. The smallest absolute Gasteiger partial charge is 0.311 e. The van der Waals surface area contributed by atoms with Gasteiger partial charge in [0, 0.05) is 33.2 Å². The van der Waals surface area contributed by atoms with E-state index in [-0.39, 0.29) is 36.6 Å². The van der Waals surface area contributed by atoms with Gasteiger partial charge in [-0.3, -0.25) is 19.2 Å². The van der Waals surface area contributed by atoms with Crippen molar-refractivity contribution in [1.82, 2.24) is 9.80 Å². The van der Waals surface area contributed by atoms with Crippen LogP contribution in [0.4, 0.5) is 0 Å². The lowest BCUT2D eigenvalue weighted by molar-refractivity contribution is -0.157. The SMILES string of the molecule is COCCN1C(=O)CC(C(=O)OC)C12CCN(C(=O)C1CC(=O)OC13CCCCC3)CC2. The van der Waals surface area contributed by atoms with Crippen LogP contribution in [0.5, 0.6) is 0 Å². The van der Waals surface area contributed by atoms with Crippen molar-refractivity contribution >= 4 is 23.8 Å². The highest BCUT2D eigenvalue weighted by Gasteiger charge is 2.59. The molecule has 32 heavy (non-hydrogen) atoms. The Balaban J connectivity index is 1.51. The van der Waals surface area contributed by atoms with Crippen LogP contribution in [0, 0.1) is 11.8 Å². The molecule has 4 rings (SSSR count). The molecule has 4 fully saturated rings. The summed E-state index contributed by atoms with van der Waals surface area (Å²) in [6, 6.07) is 0. The molecule has 0 aromatic rings. The summed E-state index contributed by atoms with van der Waals surface area (Å²) in [5.41, 5.74) is -1.31. The molecule has 2 atom stereocenters. The van der Waals surface area contributed by atoms with E-state index in [4.69, 9.17) is 14.2 Å². The van der Waals surface area contributed by atoms with Gasteiger partial charge in [0.1, 0.15) is 5.60 Å². The van der Waals surface area contributed by atoms with Gasteiger partial charge in [0.05, 0.1) is 37.5 Å². The molecule has 178 valence electrons. The van der Waals surface area contributed by atoms with Gasteiger partial charge in [-0.2, -0.15) is 0 Å². The average molecular weight is 451 g/mol. The number of carbonyl (C=O) groups excluding carboxylic acids is 4. The lowest BCUT2D eigenvalue weighted by Gasteiger charge is -2.48. The van der Waals surface area contributed by atoms with Gasteiger partial charge in [0.15, 0.2) is 0 Å². The van der Waals surface area contributed by atoms with Gasteiger partial charge in [0.25, 0.3) is 0 Å². The monoisotopic (exact) mass is 450 g/mol. The van der Waals surface area contributed by atoms with Gasteiger partial charge in [-0.25, -0.2) is 0 Å². The van der Waals surface area contributed by atoms with Gasteiger partial charge in [-0.15, -0.1) is 0 Å². The highest BCUT2D eigenvalue weighted by Crippen LogP contribution is 2.47. The van der Waals surface area contributed by atoms with Crippen LogP contribution in [-0.4, -0.2) is 85.2 Å². The van der Waals surface area contributed by atoms with Crippen molar-refractivity contribution in [2.75, 3.05) is 40.5 Å². The molecule has 3 aliphatic heterocycles. The van der Waals surface area contributed by atoms with E-state index in [9.17, 15) is 19.2 Å². The van der Waals surface area contributed by atoms with Crippen LogP contribution in [0.25, 0.3) is 0 Å². The van der Waals surface area contributed by atoms with Gasteiger partial charge >= 0.3 is 11.9 Å². The molecular weight excluding hydrogens is 416 g/mol. The van der Waals surface area contributed by atoms with E-state index in [1.807, 2.05) is 0 Å². The van der Waals surface area contributed by atoms with Crippen molar-refractivity contribution in [2.24, 2.45) is 11.8 Å². The number of piperidine rings is 1. The van der Waals surface area contributed by atoms with Crippen LogP contribution in [0.2, 0.25) is 0 Å². The topological polar surface area (TPSA) is 102 Å². The van der Waals surface area contributed by atoms with E-state index in [2.05, 4.69) is 0 Å². The van der Waals surface area contributed by atoms with Crippen molar-refractivity contribution in [3.63, 3.8) is 0 Å². The van der Waals surface area contributed by atoms with E-state index in [0.29, 0.717) is 39.1 Å². The second-order valence-corrected chi connectivity index (χ2v) is 9.60. The van der Waals surface area contributed by atoms with Gasteiger partial charge < -0.3 is 24.0 Å². The summed E-state index contributed by atoms with van der Waals surface area (Å²) in [6.45, 7) is 1.66. The minimum absolute atomic E-state index is 0.0324. The number of likely N-dealkylation sites (tertiary alicyclic amines) is 2. The number of carbonyl (C=O) groups is 4. The minimum atomic E-state index is -0.663. The average Bonchev–Trinajstić information content (AvgIpc) is 3.25. The van der Waals surface area contributed by atoms with E-state index in [0.717, 1.165) is 32.1 Å². The summed E-state index contributed by atoms with van der Waals surface area (Å²) < 4.78 is 15.9. The Morgan fingerprint density at radius 2 is 1.69 bits per heavy atom. The molecule has 1 aliphatic carbocycles. The maximum atomic E-state index is 13.5. The van der Waals surface area contributed by atoms with Crippen LogP contribution < -0.4 is 0 Å². The zero-order valence-corrected chi connectivity index (χ0v) is 19.1. The first-order chi connectivity index (χ1) is 15.4. The molecular formula is C23H34N2O7. The van der Waals surface area contributed by atoms with Crippen LogP contribution in [0.1, 0.15) is 57.8 Å². The summed E-state index contributed by atoms with van der Waals surface area (Å²) in [5.74, 6) is -1.75. The number of methoxy groups -OCH3 is 2. The predicted molar refractivity (Wildman–Crippen MR) is 112 cm³/mol. The molecule has 4 aliphatic rings. The van der Waals surface area contributed by atoms with Crippen molar-refractivity contribution in [2.45, 2.75) is 68.9 Å². The largest absolute Gasteiger partial charge is 0.469 e. The molecule has 2 spiro atoms. The second-order valence-electron chi connectivity index (χ2n) is 9.60. The third-order valence-corrected chi connectivity index (χ3v) is 8.13. The Bertz CT molecular complexity index is 768. The lowest BCUT2D eigenvalue weighted by atomic mass is 9.74. The highest BCUT2D eigenvalue weighted by molar-refractivity contribution is 5.90. The van der Waals surface area contributed by atoms with E-state index in [1.54, 1.807) is 16.9 Å². The second kappa shape index (κ2) is 9.00. The molecule has 3 saturated heterocycles. The number of amides is 2. The minimum Gasteiger partial charge on any atom is -0.469 e. The standard InChI is InChI=1S/C23H34N2O7/c1-30-13-12-25-18(26)14-17(21(29)31-2)22(25)8-10-24(11-9-22)20(28)16-15-19(27)32-23(16)6-4-3-5-7-23/h16-17H,3-15H2,1-2H3. The molecule has 9 nitrogen and oxygen atoms in total. The van der Waals surface area contributed by atoms with Crippen molar-refractivity contribution < 1.29 is 33.4 Å². The normalized spacial score (nSPS) is 28.9. The molecule has 0 aromatic heterocycles. The number of hydrogen-bond donors (Lipinski definition) is 0. The van der Waals surface area contributed by atoms with Gasteiger partial charge in [-0.1, -0.05) is 6.42 Å². The number of rotatable bonds is 5. The van der Waals surface area contributed by atoms with Gasteiger partial charge in [0.2, 0.25) is 11.8 Å². The molecule has 2 unspecified atom stereocenters. The predicted octanol–water partition coefficient (Wildman–Crippen LogP) is 1.28. The summed E-state index contributed by atoms with van der Waals surface area (Å²) in [6.07, 6.45) is 5.81. The van der Waals surface area contributed by atoms with Crippen molar-refractivity contribution in [3.05, 3.63) is 0 Å². The molecule has 2 amide bonds. The zero-order valence-electron chi connectivity index (χ0n) is 19.1. The number of esters is 2. The molecule has 0 bridgehead atoms. The number of ether oxygens (including phenoxy) is 3. The van der Waals surface area contributed by atoms with Crippen LogP contribution in [0.3, 0.4) is 0 Å². The Labute approximate surface area is 188 Å². The fraction of sp³-hybridized carbons (Fsp3) is 0.826. The van der Waals surface area contributed by atoms with Crippen molar-refractivity contribution in [3.8, 4) is 0 Å². The first-order valence-electron chi connectivity index (χ1n) is 11.7. The quantitative estimate of drug-likeness (QED) is 0.582. The Kier molecular flexibility index (Phi) is 6.47. The molecule has 0 aromatic carbocycles. The van der Waals surface area contributed by atoms with Gasteiger partial charge in [-0.05, 0) is 38.5 Å². The molecule has 3 heterocycles. The third kappa shape index (κ3) is 3.78.